The largest absolute Gasteiger partial charge is 0.351 e. The van der Waals surface area contributed by atoms with E-state index in [0.29, 0.717) is 40.7 Å². The fraction of sp³-hybridized carbons (Fsp3) is 0.400. The average molecular weight is 386 g/mol. The number of hydrogen-bond acceptors (Lipinski definition) is 6. The summed E-state index contributed by atoms with van der Waals surface area (Å²) in [5.74, 6) is -0.134. The molecule has 1 amide bonds. The normalized spacial score (nSPS) is 11.6. The maximum absolute atomic E-state index is 13.8. The summed E-state index contributed by atoms with van der Waals surface area (Å²) in [6.45, 7) is 6.57. The number of nitrogens with one attached hydrogen (secondary N) is 2. The van der Waals surface area contributed by atoms with Gasteiger partial charge in [0.25, 0.3) is 5.91 Å². The van der Waals surface area contributed by atoms with Crippen LogP contribution in [0.15, 0.2) is 29.5 Å². The number of hydrogen-bond donors (Lipinski definition) is 2. The Hall–Kier alpha value is -2.87. The van der Waals surface area contributed by atoms with Gasteiger partial charge < -0.3 is 15.5 Å². The van der Waals surface area contributed by atoms with E-state index in [2.05, 4.69) is 30.5 Å². The van der Waals surface area contributed by atoms with Gasteiger partial charge in [0.1, 0.15) is 23.5 Å². The topological polar surface area (TPSA) is 82.5 Å². The molecular weight excluding hydrogens is 359 g/mol. The summed E-state index contributed by atoms with van der Waals surface area (Å²) in [6, 6.07) is 4.78. The highest BCUT2D eigenvalue weighted by Gasteiger charge is 2.13. The zero-order valence-electron chi connectivity index (χ0n) is 17.0. The molecule has 0 aliphatic carbocycles. The average Bonchev–Trinajstić information content (AvgIpc) is 2.64. The molecule has 0 spiro atoms. The summed E-state index contributed by atoms with van der Waals surface area (Å²) >= 11 is 0. The van der Waals surface area contributed by atoms with E-state index in [1.165, 1.54) is 12.4 Å². The minimum Gasteiger partial charge on any atom is -0.351 e. The molecule has 150 valence electrons. The predicted molar refractivity (Wildman–Crippen MR) is 110 cm³/mol. The van der Waals surface area contributed by atoms with E-state index in [-0.39, 0.29) is 11.7 Å². The number of aromatic nitrogens is 2. The molecule has 0 unspecified atom stereocenters. The number of anilines is 2. The Balaban J connectivity index is 2.19. The van der Waals surface area contributed by atoms with Crippen LogP contribution in [-0.4, -0.2) is 53.7 Å². The summed E-state index contributed by atoms with van der Waals surface area (Å²) in [5.41, 5.74) is 2.43. The summed E-state index contributed by atoms with van der Waals surface area (Å²) < 4.78 is 13.8. The van der Waals surface area contributed by atoms with Gasteiger partial charge in [0.05, 0.1) is 5.69 Å². The molecule has 8 heteroatoms. The highest BCUT2D eigenvalue weighted by Crippen LogP contribution is 2.30. The number of halogens is 1. The third kappa shape index (κ3) is 5.82. The van der Waals surface area contributed by atoms with Gasteiger partial charge >= 0.3 is 0 Å². The highest BCUT2D eigenvalue weighted by molar-refractivity contribution is 6.38. The van der Waals surface area contributed by atoms with Gasteiger partial charge in [-0.3, -0.25) is 4.79 Å². The quantitative estimate of drug-likeness (QED) is 0.538. The molecular formula is C20H27FN6O. The van der Waals surface area contributed by atoms with Crippen LogP contribution in [0.25, 0.3) is 0 Å². The number of carbonyl (C=O) groups is 1. The molecule has 1 aromatic carbocycles. The van der Waals surface area contributed by atoms with Crippen molar-refractivity contribution in [1.29, 1.82) is 0 Å². The Bertz CT molecular complexity index is 866. The molecule has 1 aromatic heterocycles. The van der Waals surface area contributed by atoms with Gasteiger partial charge in [-0.1, -0.05) is 6.07 Å². The monoisotopic (exact) mass is 386 g/mol. The number of nitrogens with zero attached hydrogens (tertiary/aromatic N) is 4. The molecule has 2 N–H and O–H groups in total. The molecule has 0 fully saturated rings. The van der Waals surface area contributed by atoms with Crippen LogP contribution in [-0.2, 0) is 4.79 Å². The summed E-state index contributed by atoms with van der Waals surface area (Å²) in [6.07, 6.45) is 2.26. The van der Waals surface area contributed by atoms with Gasteiger partial charge in [-0.05, 0) is 60.0 Å². The number of rotatable bonds is 8. The molecule has 0 saturated carbocycles. The van der Waals surface area contributed by atoms with Crippen LogP contribution in [0.4, 0.5) is 21.6 Å². The van der Waals surface area contributed by atoms with E-state index >= 15 is 0 Å². The van der Waals surface area contributed by atoms with E-state index in [9.17, 15) is 9.18 Å². The Morgan fingerprint density at radius 2 is 2.00 bits per heavy atom. The minimum absolute atomic E-state index is 0.241. The number of amides is 1. The number of carbonyl (C=O) groups excluding carboxylic acids is 1. The van der Waals surface area contributed by atoms with Crippen molar-refractivity contribution in [2.24, 2.45) is 4.99 Å². The summed E-state index contributed by atoms with van der Waals surface area (Å²) in [7, 11) is 3.98. The van der Waals surface area contributed by atoms with Crippen LogP contribution < -0.4 is 10.6 Å². The lowest BCUT2D eigenvalue weighted by atomic mass is 10.2. The van der Waals surface area contributed by atoms with Crippen molar-refractivity contribution in [2.45, 2.75) is 27.2 Å². The van der Waals surface area contributed by atoms with Crippen LogP contribution in [0.5, 0.6) is 0 Å². The van der Waals surface area contributed by atoms with Gasteiger partial charge in [0.15, 0.2) is 5.82 Å². The summed E-state index contributed by atoms with van der Waals surface area (Å²) in [4.78, 5) is 27.2. The van der Waals surface area contributed by atoms with Gasteiger partial charge in [-0.25, -0.2) is 19.4 Å². The van der Waals surface area contributed by atoms with Crippen LogP contribution in [0.3, 0.4) is 0 Å². The molecule has 0 saturated heterocycles. The highest BCUT2D eigenvalue weighted by atomic mass is 19.1. The van der Waals surface area contributed by atoms with Crippen molar-refractivity contribution in [3.63, 3.8) is 0 Å². The fourth-order valence-electron chi connectivity index (χ4n) is 2.51. The van der Waals surface area contributed by atoms with E-state index in [4.69, 9.17) is 0 Å². The van der Waals surface area contributed by atoms with Crippen LogP contribution >= 0.6 is 0 Å². The maximum atomic E-state index is 13.8. The SMILES string of the molecule is CC(=Nc1c(C)ncnc1Nc1cccc(F)c1C)C(=O)NCCCN(C)C. The Kier molecular flexibility index (Phi) is 7.57. The molecule has 2 rings (SSSR count). The smallest absolute Gasteiger partial charge is 0.265 e. The molecule has 28 heavy (non-hydrogen) atoms. The van der Waals surface area contributed by atoms with Crippen LogP contribution in [0.2, 0.25) is 0 Å². The third-order valence-electron chi connectivity index (χ3n) is 4.20. The predicted octanol–water partition coefficient (Wildman–Crippen LogP) is 3.14. The van der Waals surface area contributed by atoms with E-state index in [0.717, 1.165) is 13.0 Å². The standard InChI is InChI=1S/C20H27FN6O/c1-13-16(21)8-6-9-17(13)26-19-18(14(2)23-12-24-19)25-15(3)20(28)22-10-7-11-27(4)5/h6,8-9,12H,7,10-11H2,1-5H3,(H,22,28)(H,23,24,26). The maximum Gasteiger partial charge on any atom is 0.265 e. The van der Waals surface area contributed by atoms with Crippen molar-refractivity contribution in [3.05, 3.63) is 41.6 Å². The summed E-state index contributed by atoms with van der Waals surface area (Å²) in [5, 5.41) is 5.95. The first kappa shape index (κ1) is 21.4. The van der Waals surface area contributed by atoms with Gasteiger partial charge in [-0.15, -0.1) is 0 Å². The van der Waals surface area contributed by atoms with E-state index in [1.807, 2.05) is 14.1 Å². The van der Waals surface area contributed by atoms with Crippen LogP contribution in [0.1, 0.15) is 24.6 Å². The Morgan fingerprint density at radius 1 is 1.25 bits per heavy atom. The van der Waals surface area contributed by atoms with Crippen molar-refractivity contribution in [2.75, 3.05) is 32.5 Å². The molecule has 1 heterocycles. The Morgan fingerprint density at radius 3 is 2.71 bits per heavy atom. The van der Waals surface area contributed by atoms with E-state index in [1.54, 1.807) is 32.9 Å². The van der Waals surface area contributed by atoms with Gasteiger partial charge in [0.2, 0.25) is 0 Å². The van der Waals surface area contributed by atoms with Crippen molar-refractivity contribution in [3.8, 4) is 0 Å². The molecule has 0 atom stereocenters. The first-order chi connectivity index (χ1) is 13.3. The molecule has 0 aliphatic rings. The minimum atomic E-state index is -0.311. The lowest BCUT2D eigenvalue weighted by Crippen LogP contribution is -2.31. The van der Waals surface area contributed by atoms with Crippen molar-refractivity contribution in [1.82, 2.24) is 20.2 Å². The third-order valence-corrected chi connectivity index (χ3v) is 4.20. The molecule has 2 aromatic rings. The number of benzene rings is 1. The van der Waals surface area contributed by atoms with Gasteiger partial charge in [0, 0.05) is 17.8 Å². The number of aliphatic imine (C=N–C) groups is 1. The molecule has 0 bridgehead atoms. The molecule has 7 nitrogen and oxygen atoms in total. The fourth-order valence-corrected chi connectivity index (χ4v) is 2.51. The van der Waals surface area contributed by atoms with Crippen molar-refractivity contribution >= 4 is 28.8 Å². The lowest BCUT2D eigenvalue weighted by Gasteiger charge is -2.13. The second-order valence-corrected chi connectivity index (χ2v) is 6.80. The van der Waals surface area contributed by atoms with E-state index < -0.39 is 0 Å². The first-order valence-electron chi connectivity index (χ1n) is 9.11. The van der Waals surface area contributed by atoms with Crippen LogP contribution in [0, 0.1) is 19.7 Å². The molecule has 0 radical (unpaired) electrons. The lowest BCUT2D eigenvalue weighted by molar-refractivity contribution is -0.114. The number of aryl methyl sites for hydroxylation is 1. The van der Waals surface area contributed by atoms with Crippen molar-refractivity contribution < 1.29 is 9.18 Å². The van der Waals surface area contributed by atoms with Gasteiger partial charge in [-0.2, -0.15) is 0 Å². The Labute approximate surface area is 165 Å². The second-order valence-electron chi connectivity index (χ2n) is 6.80. The zero-order chi connectivity index (χ0) is 20.7. The first-order valence-corrected chi connectivity index (χ1v) is 9.11. The zero-order valence-corrected chi connectivity index (χ0v) is 17.0. The molecule has 0 aliphatic heterocycles. The second kappa shape index (κ2) is 9.89.